The van der Waals surface area contributed by atoms with Gasteiger partial charge >= 0.3 is 0 Å². The summed E-state index contributed by atoms with van der Waals surface area (Å²) in [5.74, 6) is -0.954. The molecule has 3 rings (SSSR count). The van der Waals surface area contributed by atoms with Crippen LogP contribution in [0.5, 0.6) is 5.75 Å². The molecular weight excluding hydrogens is 323 g/mol. The van der Waals surface area contributed by atoms with Crippen molar-refractivity contribution in [2.45, 2.75) is 13.3 Å². The number of ether oxygens (including phenoxy) is 1. The standard InChI is InChI=1S/C19H19FN2O3/c1-2-25-17-10-6-5-9-16(17)22-12-13(11-18(22)23)19(24)21-15-8-4-3-7-14(15)20/h3-10,13H,2,11-12H2,1H3,(H,21,24). The minimum absolute atomic E-state index is 0.0841. The van der Waals surface area contributed by atoms with Crippen molar-refractivity contribution < 1.29 is 18.7 Å². The quantitative estimate of drug-likeness (QED) is 0.908. The van der Waals surface area contributed by atoms with Crippen LogP contribution in [-0.4, -0.2) is 25.0 Å². The van der Waals surface area contributed by atoms with Gasteiger partial charge in [-0.25, -0.2) is 4.39 Å². The van der Waals surface area contributed by atoms with Crippen molar-refractivity contribution in [2.24, 2.45) is 5.92 Å². The number of anilines is 2. The van der Waals surface area contributed by atoms with E-state index in [2.05, 4.69) is 5.32 Å². The van der Waals surface area contributed by atoms with Gasteiger partial charge < -0.3 is 15.0 Å². The van der Waals surface area contributed by atoms with Gasteiger partial charge in [-0.05, 0) is 31.2 Å². The molecule has 1 heterocycles. The number of hydrogen-bond donors (Lipinski definition) is 1. The normalized spacial score (nSPS) is 16.8. The van der Waals surface area contributed by atoms with Crippen LogP contribution >= 0.6 is 0 Å². The van der Waals surface area contributed by atoms with Crippen molar-refractivity contribution >= 4 is 23.2 Å². The first kappa shape index (κ1) is 17.0. The number of nitrogens with zero attached hydrogens (tertiary/aromatic N) is 1. The second-order valence-electron chi connectivity index (χ2n) is 5.78. The summed E-state index contributed by atoms with van der Waals surface area (Å²) >= 11 is 0. The third-order valence-corrected chi connectivity index (χ3v) is 4.08. The van der Waals surface area contributed by atoms with Crippen LogP contribution in [0.25, 0.3) is 0 Å². The van der Waals surface area contributed by atoms with E-state index in [4.69, 9.17) is 4.74 Å². The van der Waals surface area contributed by atoms with Crippen LogP contribution in [0.4, 0.5) is 15.8 Å². The number of amides is 2. The van der Waals surface area contributed by atoms with Crippen LogP contribution in [0.2, 0.25) is 0 Å². The zero-order chi connectivity index (χ0) is 17.8. The minimum atomic E-state index is -0.540. The van der Waals surface area contributed by atoms with Gasteiger partial charge in [0.15, 0.2) is 0 Å². The molecule has 6 heteroatoms. The summed E-state index contributed by atoms with van der Waals surface area (Å²) in [5.41, 5.74) is 0.767. The van der Waals surface area contributed by atoms with Gasteiger partial charge in [0.25, 0.3) is 0 Å². The van der Waals surface area contributed by atoms with Gasteiger partial charge in [0.2, 0.25) is 11.8 Å². The van der Waals surface area contributed by atoms with Gasteiger partial charge in [0.05, 0.1) is 23.9 Å². The number of hydrogen-bond acceptors (Lipinski definition) is 3. The maximum atomic E-state index is 13.7. The highest BCUT2D eigenvalue weighted by atomic mass is 19.1. The smallest absolute Gasteiger partial charge is 0.229 e. The fourth-order valence-electron chi connectivity index (χ4n) is 2.87. The molecule has 0 spiro atoms. The molecule has 2 aromatic carbocycles. The number of para-hydroxylation sites is 3. The monoisotopic (exact) mass is 342 g/mol. The van der Waals surface area contributed by atoms with E-state index in [9.17, 15) is 14.0 Å². The molecule has 1 N–H and O–H groups in total. The van der Waals surface area contributed by atoms with Gasteiger partial charge in [0.1, 0.15) is 11.6 Å². The van der Waals surface area contributed by atoms with Gasteiger partial charge in [-0.3, -0.25) is 9.59 Å². The number of benzene rings is 2. The molecule has 1 aliphatic heterocycles. The molecule has 2 aromatic rings. The molecule has 0 bridgehead atoms. The van der Waals surface area contributed by atoms with Gasteiger partial charge in [-0.2, -0.15) is 0 Å². The van der Waals surface area contributed by atoms with E-state index in [1.165, 1.54) is 12.1 Å². The predicted octanol–water partition coefficient (Wildman–Crippen LogP) is 3.22. The topological polar surface area (TPSA) is 58.6 Å². The fraction of sp³-hybridized carbons (Fsp3) is 0.263. The van der Waals surface area contributed by atoms with Crippen LogP contribution in [0.3, 0.4) is 0 Å². The summed E-state index contributed by atoms with van der Waals surface area (Å²) in [6.07, 6.45) is 0.0841. The zero-order valence-corrected chi connectivity index (χ0v) is 13.9. The Hall–Kier alpha value is -2.89. The van der Waals surface area contributed by atoms with Crippen LogP contribution in [0, 0.1) is 11.7 Å². The van der Waals surface area contributed by atoms with Gasteiger partial charge in [0, 0.05) is 13.0 Å². The Balaban J connectivity index is 1.74. The highest BCUT2D eigenvalue weighted by Gasteiger charge is 2.36. The second kappa shape index (κ2) is 7.34. The first-order valence-corrected chi connectivity index (χ1v) is 8.17. The summed E-state index contributed by atoms with van der Waals surface area (Å²) in [6.45, 7) is 2.59. The molecule has 1 aliphatic rings. The van der Waals surface area contributed by atoms with Crippen LogP contribution in [0.15, 0.2) is 48.5 Å². The molecule has 0 saturated carbocycles. The summed E-state index contributed by atoms with van der Waals surface area (Å²) in [7, 11) is 0. The maximum absolute atomic E-state index is 13.7. The highest BCUT2D eigenvalue weighted by Crippen LogP contribution is 2.33. The van der Waals surface area contributed by atoms with Gasteiger partial charge in [-0.1, -0.05) is 24.3 Å². The van der Waals surface area contributed by atoms with E-state index in [0.29, 0.717) is 18.0 Å². The minimum Gasteiger partial charge on any atom is -0.492 e. The third kappa shape index (κ3) is 3.63. The molecule has 130 valence electrons. The van der Waals surface area contributed by atoms with E-state index in [1.54, 1.807) is 29.2 Å². The number of rotatable bonds is 5. The predicted molar refractivity (Wildman–Crippen MR) is 93.1 cm³/mol. The average Bonchev–Trinajstić information content (AvgIpc) is 2.99. The molecule has 1 unspecified atom stereocenters. The van der Waals surface area contributed by atoms with E-state index in [1.807, 2.05) is 19.1 Å². The van der Waals surface area contributed by atoms with Crippen LogP contribution in [-0.2, 0) is 9.59 Å². The third-order valence-electron chi connectivity index (χ3n) is 4.08. The molecule has 0 aliphatic carbocycles. The van der Waals surface area contributed by atoms with Crippen LogP contribution in [0.1, 0.15) is 13.3 Å². The summed E-state index contributed by atoms with van der Waals surface area (Å²) < 4.78 is 19.2. The first-order valence-electron chi connectivity index (χ1n) is 8.17. The summed E-state index contributed by atoms with van der Waals surface area (Å²) in [5, 5.41) is 2.56. The molecule has 5 nitrogen and oxygen atoms in total. The molecule has 1 saturated heterocycles. The van der Waals surface area contributed by atoms with E-state index in [-0.39, 0.29) is 30.5 Å². The number of nitrogens with one attached hydrogen (secondary N) is 1. The lowest BCUT2D eigenvalue weighted by Gasteiger charge is -2.20. The van der Waals surface area contributed by atoms with Crippen molar-refractivity contribution in [3.8, 4) is 5.75 Å². The summed E-state index contributed by atoms with van der Waals surface area (Å²) in [6, 6.07) is 13.2. The lowest BCUT2D eigenvalue weighted by molar-refractivity contribution is -0.122. The van der Waals surface area contributed by atoms with Crippen molar-refractivity contribution in [2.75, 3.05) is 23.4 Å². The SMILES string of the molecule is CCOc1ccccc1N1CC(C(=O)Nc2ccccc2F)CC1=O. The molecule has 1 atom stereocenters. The van der Waals surface area contributed by atoms with E-state index in [0.717, 1.165) is 0 Å². The molecule has 2 amide bonds. The Morgan fingerprint density at radius 3 is 2.72 bits per heavy atom. The lowest BCUT2D eigenvalue weighted by atomic mass is 10.1. The van der Waals surface area contributed by atoms with Crippen LogP contribution < -0.4 is 15.0 Å². The largest absolute Gasteiger partial charge is 0.492 e. The van der Waals surface area contributed by atoms with Crippen molar-refractivity contribution in [1.82, 2.24) is 0 Å². The number of carbonyl (C=O) groups is 2. The number of carbonyl (C=O) groups excluding carboxylic acids is 2. The molecule has 0 aromatic heterocycles. The van der Waals surface area contributed by atoms with Crippen molar-refractivity contribution in [3.05, 3.63) is 54.3 Å². The summed E-state index contributed by atoms with van der Waals surface area (Å²) in [4.78, 5) is 26.3. The zero-order valence-electron chi connectivity index (χ0n) is 13.9. The second-order valence-corrected chi connectivity index (χ2v) is 5.78. The first-order chi connectivity index (χ1) is 12.1. The molecule has 1 fully saturated rings. The highest BCUT2D eigenvalue weighted by molar-refractivity contribution is 6.04. The Kier molecular flexibility index (Phi) is 4.97. The van der Waals surface area contributed by atoms with Gasteiger partial charge in [-0.15, -0.1) is 0 Å². The molecule has 0 radical (unpaired) electrons. The Bertz CT molecular complexity index is 794. The van der Waals surface area contributed by atoms with Crippen molar-refractivity contribution in [3.63, 3.8) is 0 Å². The Labute approximate surface area is 145 Å². The molecular formula is C19H19FN2O3. The lowest BCUT2D eigenvalue weighted by Crippen LogP contribution is -2.28. The number of halogens is 1. The Morgan fingerprint density at radius 1 is 1.24 bits per heavy atom. The van der Waals surface area contributed by atoms with E-state index >= 15 is 0 Å². The van der Waals surface area contributed by atoms with Crippen molar-refractivity contribution in [1.29, 1.82) is 0 Å². The Morgan fingerprint density at radius 2 is 1.96 bits per heavy atom. The molecule has 25 heavy (non-hydrogen) atoms. The average molecular weight is 342 g/mol. The fourth-order valence-corrected chi connectivity index (χ4v) is 2.87. The maximum Gasteiger partial charge on any atom is 0.229 e. The van der Waals surface area contributed by atoms with E-state index < -0.39 is 11.7 Å².